The number of carbonyl (C=O) groups is 1. The van der Waals surface area contributed by atoms with Crippen molar-refractivity contribution in [2.45, 2.75) is 18.8 Å². The number of aromatic nitrogens is 5. The van der Waals surface area contributed by atoms with Gasteiger partial charge in [-0.2, -0.15) is 5.10 Å². The van der Waals surface area contributed by atoms with E-state index in [0.29, 0.717) is 21.6 Å². The summed E-state index contributed by atoms with van der Waals surface area (Å²) >= 11 is 13.4. The van der Waals surface area contributed by atoms with Gasteiger partial charge in [0.25, 0.3) is 5.56 Å². The van der Waals surface area contributed by atoms with Crippen molar-refractivity contribution >= 4 is 56.6 Å². The van der Waals surface area contributed by atoms with E-state index >= 15 is 0 Å². The summed E-state index contributed by atoms with van der Waals surface area (Å²) in [6.07, 6.45) is 4.20. The zero-order chi connectivity index (χ0) is 21.6. The molecule has 1 atom stereocenters. The number of carbonyl (C=O) groups excluding carboxylic acids is 1. The van der Waals surface area contributed by atoms with Gasteiger partial charge in [0.1, 0.15) is 11.0 Å². The highest BCUT2D eigenvalue weighted by atomic mass is 35.5. The highest BCUT2D eigenvalue weighted by molar-refractivity contribution is 7.13. The predicted octanol–water partition coefficient (Wildman–Crippen LogP) is 2.33. The van der Waals surface area contributed by atoms with E-state index in [1.165, 1.54) is 30.0 Å². The molecule has 1 aliphatic rings. The van der Waals surface area contributed by atoms with Crippen molar-refractivity contribution in [2.75, 3.05) is 5.32 Å². The van der Waals surface area contributed by atoms with Crippen LogP contribution in [0.2, 0.25) is 0 Å². The van der Waals surface area contributed by atoms with Crippen molar-refractivity contribution in [3.8, 4) is 0 Å². The van der Waals surface area contributed by atoms with Crippen LogP contribution < -0.4 is 16.6 Å². The van der Waals surface area contributed by atoms with Gasteiger partial charge in [0, 0.05) is 25.4 Å². The van der Waals surface area contributed by atoms with E-state index in [9.17, 15) is 14.4 Å². The maximum atomic E-state index is 12.5. The molecule has 30 heavy (non-hydrogen) atoms. The van der Waals surface area contributed by atoms with Crippen molar-refractivity contribution < 1.29 is 4.79 Å². The van der Waals surface area contributed by atoms with Gasteiger partial charge in [-0.1, -0.05) is 35.4 Å². The molecule has 1 aliphatic carbocycles. The SMILES string of the molecule is Cn1c(=O)c2c(CC(=O)Nc3nc(C4C=C(Cl)C(Cl)=CC4)cs3)n[nH]c2n(C)c1=O. The number of aromatic amines is 1. The van der Waals surface area contributed by atoms with Gasteiger partial charge in [0.15, 0.2) is 5.13 Å². The Morgan fingerprint density at radius 3 is 2.80 bits per heavy atom. The Labute approximate surface area is 183 Å². The van der Waals surface area contributed by atoms with E-state index in [1.807, 2.05) is 17.5 Å². The first kappa shape index (κ1) is 20.6. The maximum Gasteiger partial charge on any atom is 0.332 e. The van der Waals surface area contributed by atoms with Gasteiger partial charge in [-0.15, -0.1) is 11.3 Å². The van der Waals surface area contributed by atoms with Crippen molar-refractivity contribution in [3.63, 3.8) is 0 Å². The fraction of sp³-hybridized carbons (Fsp3) is 0.278. The number of nitrogens with zero attached hydrogens (tertiary/aromatic N) is 4. The molecule has 0 aliphatic heterocycles. The minimum Gasteiger partial charge on any atom is -0.302 e. The normalized spacial score (nSPS) is 16.5. The topological polar surface area (TPSA) is 115 Å². The molecular formula is C18H16Cl2N6O3S. The summed E-state index contributed by atoms with van der Waals surface area (Å²) in [5.41, 5.74) is 0.333. The van der Waals surface area contributed by atoms with E-state index in [-0.39, 0.29) is 35.0 Å². The van der Waals surface area contributed by atoms with Crippen molar-refractivity contribution in [2.24, 2.45) is 14.1 Å². The molecule has 12 heteroatoms. The molecule has 0 aromatic carbocycles. The molecule has 0 saturated heterocycles. The lowest BCUT2D eigenvalue weighted by Crippen LogP contribution is -2.37. The molecule has 1 amide bonds. The van der Waals surface area contributed by atoms with E-state index in [4.69, 9.17) is 23.2 Å². The lowest BCUT2D eigenvalue weighted by Gasteiger charge is -2.13. The van der Waals surface area contributed by atoms with E-state index in [1.54, 1.807) is 0 Å². The first-order valence-corrected chi connectivity index (χ1v) is 10.5. The molecule has 0 spiro atoms. The molecule has 0 bridgehead atoms. The monoisotopic (exact) mass is 466 g/mol. The summed E-state index contributed by atoms with van der Waals surface area (Å²) in [7, 11) is 2.91. The number of amides is 1. The molecule has 3 heterocycles. The lowest BCUT2D eigenvalue weighted by atomic mass is 9.98. The number of rotatable bonds is 4. The average Bonchev–Trinajstić information content (AvgIpc) is 3.34. The van der Waals surface area contributed by atoms with Crippen LogP contribution in [0, 0.1) is 0 Å². The Morgan fingerprint density at radius 2 is 2.07 bits per heavy atom. The van der Waals surface area contributed by atoms with Crippen LogP contribution in [0.1, 0.15) is 23.7 Å². The second-order valence-corrected chi connectivity index (χ2v) is 8.48. The van der Waals surface area contributed by atoms with Gasteiger partial charge in [-0.25, -0.2) is 9.78 Å². The molecule has 9 nitrogen and oxygen atoms in total. The van der Waals surface area contributed by atoms with Crippen LogP contribution in [0.25, 0.3) is 11.0 Å². The Bertz CT molecular complexity index is 1350. The van der Waals surface area contributed by atoms with Crippen LogP contribution in [0.4, 0.5) is 5.13 Å². The minimum absolute atomic E-state index is 0.0125. The van der Waals surface area contributed by atoms with Crippen molar-refractivity contribution in [3.05, 3.63) is 59.8 Å². The van der Waals surface area contributed by atoms with Gasteiger partial charge < -0.3 is 5.32 Å². The molecule has 0 saturated carbocycles. The smallest absolute Gasteiger partial charge is 0.302 e. The fourth-order valence-corrected chi connectivity index (χ4v) is 4.40. The van der Waals surface area contributed by atoms with Gasteiger partial charge in [-0.3, -0.25) is 23.8 Å². The van der Waals surface area contributed by atoms with Gasteiger partial charge in [0.2, 0.25) is 5.91 Å². The van der Waals surface area contributed by atoms with Crippen LogP contribution in [0.3, 0.4) is 0 Å². The number of nitrogens with one attached hydrogen (secondary N) is 2. The van der Waals surface area contributed by atoms with Crippen molar-refractivity contribution in [1.29, 1.82) is 0 Å². The third-order valence-electron chi connectivity index (χ3n) is 4.85. The summed E-state index contributed by atoms with van der Waals surface area (Å²) in [6.45, 7) is 0. The number of hydrogen-bond acceptors (Lipinski definition) is 6. The molecule has 3 aromatic heterocycles. The zero-order valence-corrected chi connectivity index (χ0v) is 18.2. The number of H-pyrrole nitrogens is 1. The summed E-state index contributed by atoms with van der Waals surface area (Å²) in [6, 6.07) is 0. The number of hydrogen-bond donors (Lipinski definition) is 2. The number of anilines is 1. The van der Waals surface area contributed by atoms with Crippen LogP contribution in [0.15, 0.2) is 37.2 Å². The largest absolute Gasteiger partial charge is 0.332 e. The van der Waals surface area contributed by atoms with Gasteiger partial charge >= 0.3 is 5.69 Å². The third kappa shape index (κ3) is 3.62. The Hall–Kier alpha value is -2.69. The number of fused-ring (bicyclic) bond motifs is 1. The first-order chi connectivity index (χ1) is 14.3. The molecule has 0 radical (unpaired) electrons. The fourth-order valence-electron chi connectivity index (χ4n) is 3.23. The third-order valence-corrected chi connectivity index (χ3v) is 6.41. The predicted molar refractivity (Wildman–Crippen MR) is 116 cm³/mol. The van der Waals surface area contributed by atoms with Crippen molar-refractivity contribution in [1.82, 2.24) is 24.3 Å². The summed E-state index contributed by atoms with van der Waals surface area (Å²) in [5.74, 6) is -0.387. The average molecular weight is 467 g/mol. The molecule has 3 aromatic rings. The Morgan fingerprint density at radius 1 is 1.30 bits per heavy atom. The molecular weight excluding hydrogens is 451 g/mol. The standard InChI is InChI=1S/C18H16Cl2N6O3S/c1-25-15-14(16(28)26(2)18(25)29)11(23-24-15)6-13(27)22-17-21-12(7-30-17)8-3-4-9(19)10(20)5-8/h4-5,7-8H,3,6H2,1-2H3,(H,23,24)(H,21,22,27). The van der Waals surface area contributed by atoms with Gasteiger partial charge in [-0.05, 0) is 6.42 Å². The quantitative estimate of drug-likeness (QED) is 0.612. The lowest BCUT2D eigenvalue weighted by molar-refractivity contribution is -0.115. The second kappa shape index (κ2) is 7.86. The van der Waals surface area contributed by atoms with E-state index < -0.39 is 11.2 Å². The molecule has 1 unspecified atom stereocenters. The minimum atomic E-state index is -0.506. The highest BCUT2D eigenvalue weighted by Gasteiger charge is 2.20. The number of aryl methyl sites for hydroxylation is 1. The van der Waals surface area contributed by atoms with E-state index in [2.05, 4.69) is 20.5 Å². The maximum absolute atomic E-state index is 12.5. The molecule has 4 rings (SSSR count). The first-order valence-electron chi connectivity index (χ1n) is 8.88. The van der Waals surface area contributed by atoms with Crippen LogP contribution >= 0.6 is 34.5 Å². The van der Waals surface area contributed by atoms with Crippen LogP contribution in [0.5, 0.6) is 0 Å². The number of allylic oxidation sites excluding steroid dienone is 4. The van der Waals surface area contributed by atoms with E-state index in [0.717, 1.165) is 10.3 Å². The molecule has 156 valence electrons. The number of thiazole rings is 1. The molecule has 2 N–H and O–H groups in total. The van der Waals surface area contributed by atoms with Crippen LogP contribution in [-0.2, 0) is 25.3 Å². The summed E-state index contributed by atoms with van der Waals surface area (Å²) in [5, 5.41) is 12.9. The molecule has 0 fully saturated rings. The van der Waals surface area contributed by atoms with Gasteiger partial charge in [0.05, 0.1) is 27.9 Å². The zero-order valence-electron chi connectivity index (χ0n) is 15.9. The summed E-state index contributed by atoms with van der Waals surface area (Å²) < 4.78 is 2.26. The highest BCUT2D eigenvalue weighted by Crippen LogP contribution is 2.35. The number of halogens is 2. The second-order valence-electron chi connectivity index (χ2n) is 6.81. The summed E-state index contributed by atoms with van der Waals surface area (Å²) in [4.78, 5) is 41.5. The Kier molecular flexibility index (Phi) is 5.39. The van der Waals surface area contributed by atoms with Crippen LogP contribution in [-0.4, -0.2) is 30.2 Å². The Balaban J connectivity index is 1.52.